The molecule has 3 aliphatic carbocycles. The van der Waals surface area contributed by atoms with Crippen LogP contribution < -0.4 is 25.4 Å². The van der Waals surface area contributed by atoms with Crippen molar-refractivity contribution >= 4 is 48.9 Å². The Morgan fingerprint density at radius 2 is 1.42 bits per heavy atom. The van der Waals surface area contributed by atoms with E-state index in [0.717, 1.165) is 12.1 Å². The summed E-state index contributed by atoms with van der Waals surface area (Å²) in [4.78, 5) is 56.0. The molecule has 0 spiro atoms. The fourth-order valence-electron chi connectivity index (χ4n) is 5.35. The van der Waals surface area contributed by atoms with E-state index in [1.807, 2.05) is 0 Å². The molecule has 0 radical (unpaired) electrons. The average Bonchev–Trinajstić information content (AvgIpc) is 2.97. The standard InChI is InChI=1S/C27H30Cl2F2N3O10P/c28-18-3-1-16(11-20(18)30)41-14-23(35)33-26-5-7-27(8-6-26,22(13-26)44-25(37)32-9-10-43-45(38,39)40)34-24(36)15-42-17-2-4-19(29)21(31)12-17/h1-4,11-12,22H,5-10,13-15H2,(H,32,37)(H,33,35)(H,34,36)(H2,38,39,40)/t22-,26?,27?/m1/s1. The third kappa shape index (κ3) is 9.65. The van der Waals surface area contributed by atoms with Gasteiger partial charge in [0.25, 0.3) is 11.8 Å². The third-order valence-electron chi connectivity index (χ3n) is 7.49. The Morgan fingerprint density at radius 3 is 1.93 bits per heavy atom. The molecule has 3 saturated carbocycles. The van der Waals surface area contributed by atoms with Crippen LogP contribution in [0.3, 0.4) is 0 Å². The van der Waals surface area contributed by atoms with Crippen LogP contribution in [0.4, 0.5) is 13.6 Å². The Labute approximate surface area is 266 Å². The lowest BCUT2D eigenvalue weighted by atomic mass is 9.59. The summed E-state index contributed by atoms with van der Waals surface area (Å²) >= 11 is 11.4. The normalized spacial score (nSPS) is 22.3. The van der Waals surface area contributed by atoms with Gasteiger partial charge in [0.05, 0.1) is 22.2 Å². The molecule has 246 valence electrons. The predicted octanol–water partition coefficient (Wildman–Crippen LogP) is 3.62. The summed E-state index contributed by atoms with van der Waals surface area (Å²) in [5, 5.41) is 7.94. The van der Waals surface area contributed by atoms with E-state index in [4.69, 9.17) is 47.2 Å². The maximum Gasteiger partial charge on any atom is 0.469 e. The fraction of sp³-hybridized carbons (Fsp3) is 0.444. The molecule has 5 rings (SSSR count). The van der Waals surface area contributed by atoms with E-state index in [1.165, 1.54) is 24.3 Å². The van der Waals surface area contributed by atoms with Gasteiger partial charge in [0.15, 0.2) is 13.2 Å². The maximum absolute atomic E-state index is 13.8. The van der Waals surface area contributed by atoms with Crippen molar-refractivity contribution in [3.05, 3.63) is 58.1 Å². The fourth-order valence-corrected chi connectivity index (χ4v) is 5.92. The first-order valence-electron chi connectivity index (χ1n) is 13.6. The van der Waals surface area contributed by atoms with Gasteiger partial charge < -0.3 is 39.9 Å². The lowest BCUT2D eigenvalue weighted by Gasteiger charge is -2.57. The van der Waals surface area contributed by atoms with E-state index in [0.29, 0.717) is 12.8 Å². The van der Waals surface area contributed by atoms with Crippen molar-refractivity contribution in [3.8, 4) is 11.5 Å². The average molecular weight is 696 g/mol. The van der Waals surface area contributed by atoms with Gasteiger partial charge in [-0.1, -0.05) is 23.2 Å². The Kier molecular flexibility index (Phi) is 11.2. The van der Waals surface area contributed by atoms with Crippen LogP contribution in [-0.4, -0.2) is 71.2 Å². The molecule has 0 unspecified atom stereocenters. The first-order chi connectivity index (χ1) is 21.2. The molecule has 2 bridgehead atoms. The summed E-state index contributed by atoms with van der Waals surface area (Å²) in [5.74, 6) is -2.33. The quantitative estimate of drug-likeness (QED) is 0.153. The molecular formula is C27H30Cl2F2N3O10P. The number of carbonyl (C=O) groups is 3. The van der Waals surface area contributed by atoms with E-state index < -0.39 is 74.4 Å². The highest BCUT2D eigenvalue weighted by Gasteiger charge is 2.57. The highest BCUT2D eigenvalue weighted by molar-refractivity contribution is 7.46. The molecule has 3 aliphatic rings. The van der Waals surface area contributed by atoms with E-state index in [1.54, 1.807) is 0 Å². The monoisotopic (exact) mass is 695 g/mol. The van der Waals surface area contributed by atoms with Crippen molar-refractivity contribution in [1.82, 2.24) is 16.0 Å². The highest BCUT2D eigenvalue weighted by Crippen LogP contribution is 2.48. The van der Waals surface area contributed by atoms with Crippen molar-refractivity contribution in [1.29, 1.82) is 0 Å². The summed E-state index contributed by atoms with van der Waals surface area (Å²) in [6.45, 7) is -1.69. The van der Waals surface area contributed by atoms with E-state index in [-0.39, 0.29) is 47.4 Å². The second-order valence-corrected chi connectivity index (χ2v) is 12.7. The predicted molar refractivity (Wildman–Crippen MR) is 155 cm³/mol. The summed E-state index contributed by atoms with van der Waals surface area (Å²) < 4.78 is 59.1. The Morgan fingerprint density at radius 1 is 0.889 bits per heavy atom. The maximum atomic E-state index is 13.8. The van der Waals surface area contributed by atoms with E-state index in [2.05, 4.69) is 20.5 Å². The zero-order chi connectivity index (χ0) is 32.8. The molecule has 13 nitrogen and oxygen atoms in total. The van der Waals surface area contributed by atoms with Gasteiger partial charge in [-0.3, -0.25) is 14.1 Å². The van der Waals surface area contributed by atoms with Crippen molar-refractivity contribution < 1.29 is 56.3 Å². The zero-order valence-corrected chi connectivity index (χ0v) is 25.9. The van der Waals surface area contributed by atoms with Crippen molar-refractivity contribution in [2.75, 3.05) is 26.4 Å². The first kappa shape index (κ1) is 34.7. The zero-order valence-electron chi connectivity index (χ0n) is 23.5. The SMILES string of the molecule is O=C(COc1ccc(Cl)c(F)c1)NC12CCC(NC(=O)COc3ccc(Cl)c(F)c3)(CC1)[C@H](OC(=O)NCCOP(=O)(O)O)C2. The minimum absolute atomic E-state index is 0.0758. The number of carbonyl (C=O) groups excluding carboxylic acids is 3. The number of benzene rings is 2. The van der Waals surface area contributed by atoms with Gasteiger partial charge >= 0.3 is 13.9 Å². The topological polar surface area (TPSA) is 182 Å². The molecule has 3 fully saturated rings. The van der Waals surface area contributed by atoms with Crippen LogP contribution in [0.2, 0.25) is 10.0 Å². The van der Waals surface area contributed by atoms with Crippen LogP contribution in [0, 0.1) is 11.6 Å². The largest absolute Gasteiger partial charge is 0.484 e. The first-order valence-corrected chi connectivity index (χ1v) is 15.9. The lowest BCUT2D eigenvalue weighted by molar-refractivity contribution is -0.137. The molecule has 3 amide bonds. The minimum atomic E-state index is -4.74. The number of phosphoric acid groups is 1. The highest BCUT2D eigenvalue weighted by atomic mass is 35.5. The van der Waals surface area contributed by atoms with E-state index in [9.17, 15) is 27.7 Å². The molecule has 18 heteroatoms. The Balaban J connectivity index is 1.40. The Hall–Kier alpha value is -3.20. The number of rotatable bonds is 13. The van der Waals surface area contributed by atoms with Crippen LogP contribution >= 0.6 is 31.0 Å². The van der Waals surface area contributed by atoms with Crippen molar-refractivity contribution in [2.45, 2.75) is 49.3 Å². The lowest BCUT2D eigenvalue weighted by Crippen LogP contribution is -2.71. The number of alkyl carbamates (subject to hydrolysis) is 1. The van der Waals surface area contributed by atoms with Gasteiger partial charge in [0.1, 0.15) is 29.2 Å². The van der Waals surface area contributed by atoms with Crippen LogP contribution in [0.15, 0.2) is 36.4 Å². The molecule has 5 N–H and O–H groups in total. The number of halogens is 4. The molecule has 0 aromatic heterocycles. The Bertz CT molecular complexity index is 1470. The molecular weight excluding hydrogens is 666 g/mol. The second kappa shape index (κ2) is 14.5. The number of nitrogens with one attached hydrogen (secondary N) is 3. The van der Waals surface area contributed by atoms with Gasteiger partial charge in [0.2, 0.25) is 0 Å². The van der Waals surface area contributed by atoms with Crippen LogP contribution in [0.25, 0.3) is 0 Å². The number of hydrogen-bond donors (Lipinski definition) is 5. The van der Waals surface area contributed by atoms with Crippen LogP contribution in [0.5, 0.6) is 11.5 Å². The number of fused-ring (bicyclic) bond motifs is 3. The summed E-state index contributed by atoms with van der Waals surface area (Å²) in [6, 6.07) is 7.47. The van der Waals surface area contributed by atoms with Crippen molar-refractivity contribution in [2.24, 2.45) is 0 Å². The molecule has 45 heavy (non-hydrogen) atoms. The summed E-state index contributed by atoms with van der Waals surface area (Å²) in [6.07, 6.45) is -0.423. The number of ether oxygens (including phenoxy) is 3. The number of hydrogen-bond acceptors (Lipinski definition) is 8. The molecule has 2 aromatic carbocycles. The number of phosphoric ester groups is 1. The van der Waals surface area contributed by atoms with Gasteiger partial charge in [0, 0.05) is 30.6 Å². The molecule has 0 aliphatic heterocycles. The smallest absolute Gasteiger partial charge is 0.469 e. The van der Waals surface area contributed by atoms with Gasteiger partial charge in [-0.2, -0.15) is 0 Å². The van der Waals surface area contributed by atoms with Crippen LogP contribution in [-0.2, 0) is 23.4 Å². The van der Waals surface area contributed by atoms with Crippen LogP contribution in [0.1, 0.15) is 32.1 Å². The molecule has 1 atom stereocenters. The van der Waals surface area contributed by atoms with Gasteiger partial charge in [-0.25, -0.2) is 18.1 Å². The molecule has 2 aromatic rings. The summed E-state index contributed by atoms with van der Waals surface area (Å²) in [7, 11) is -4.74. The second-order valence-electron chi connectivity index (χ2n) is 10.6. The molecule has 0 heterocycles. The van der Waals surface area contributed by atoms with E-state index >= 15 is 0 Å². The third-order valence-corrected chi connectivity index (χ3v) is 8.62. The minimum Gasteiger partial charge on any atom is -0.484 e. The van der Waals surface area contributed by atoms with Crippen molar-refractivity contribution in [3.63, 3.8) is 0 Å². The summed E-state index contributed by atoms with van der Waals surface area (Å²) in [5.41, 5.74) is -1.88. The van der Waals surface area contributed by atoms with Gasteiger partial charge in [-0.15, -0.1) is 0 Å². The molecule has 0 saturated heterocycles. The van der Waals surface area contributed by atoms with Gasteiger partial charge in [-0.05, 0) is 49.9 Å². The number of amides is 3.